The fraction of sp³-hybridized carbons (Fsp3) is 0.917. The van der Waals surface area contributed by atoms with Crippen LogP contribution in [0.5, 0.6) is 0 Å². The maximum Gasteiger partial charge on any atom is 0.346 e. The molecule has 3 unspecified atom stereocenters. The van der Waals surface area contributed by atoms with E-state index in [1.54, 1.807) is 0 Å². The minimum Gasteiger partial charge on any atom is -1.00 e. The summed E-state index contributed by atoms with van der Waals surface area (Å²) in [4.78, 5) is 27.5. The molecule has 0 aromatic carbocycles. The molecule has 1 aliphatic rings. The van der Waals surface area contributed by atoms with E-state index in [1.807, 2.05) is 7.05 Å². The van der Waals surface area contributed by atoms with Crippen molar-refractivity contribution in [3.05, 3.63) is 0 Å². The van der Waals surface area contributed by atoms with E-state index in [2.05, 4.69) is 0 Å². The third-order valence-electron chi connectivity index (χ3n) is 4.44. The molecule has 0 aliphatic carbocycles. The fourth-order valence-corrected chi connectivity index (χ4v) is 6.24. The van der Waals surface area contributed by atoms with Crippen molar-refractivity contribution in [1.82, 2.24) is 0 Å². The van der Waals surface area contributed by atoms with Gasteiger partial charge in [0.05, 0.1) is 31.9 Å². The van der Waals surface area contributed by atoms with Crippen molar-refractivity contribution >= 4 is 34.6 Å². The van der Waals surface area contributed by atoms with E-state index in [9.17, 15) is 32.1 Å². The topological polar surface area (TPSA) is 129 Å². The Hall–Kier alpha value is 0.520. The van der Waals surface area contributed by atoms with Crippen LogP contribution in [0.25, 0.3) is 0 Å². The standard InChI is InChI=1S/C12H24NO7PS2.BrH/c1-10(14)22-8-7-13(2)6-4-3-5-11(13)9-12(21(15,16)17)23(18,19)20;/h11-12H,3-9H2,1-2H3,(H2-,15,16,17,18,19,20);1H. The van der Waals surface area contributed by atoms with Gasteiger partial charge in [0.2, 0.25) is 0 Å². The highest BCUT2D eigenvalue weighted by Crippen LogP contribution is 2.47. The predicted octanol–water partition coefficient (Wildman–Crippen LogP) is -1.95. The second-order valence-corrected chi connectivity index (χ2v) is 11.2. The normalized spacial score (nSPS) is 26.5. The molecule has 0 saturated carbocycles. The van der Waals surface area contributed by atoms with Gasteiger partial charge in [-0.3, -0.25) is 13.9 Å². The maximum absolute atomic E-state index is 11.5. The molecule has 3 N–H and O–H groups in total. The molecule has 0 aromatic heterocycles. The Bertz CT molecular complexity index is 582. The van der Waals surface area contributed by atoms with Gasteiger partial charge in [0.15, 0.2) is 10.1 Å². The van der Waals surface area contributed by atoms with E-state index < -0.39 is 22.7 Å². The Morgan fingerprint density at radius 3 is 2.42 bits per heavy atom. The lowest BCUT2D eigenvalue weighted by molar-refractivity contribution is -0.936. The smallest absolute Gasteiger partial charge is 0.346 e. The van der Waals surface area contributed by atoms with Crippen molar-refractivity contribution in [1.29, 1.82) is 0 Å². The number of piperidine rings is 1. The molecule has 12 heteroatoms. The Labute approximate surface area is 157 Å². The number of nitrogens with zero attached hydrogens (tertiary/aromatic N) is 1. The van der Waals surface area contributed by atoms with Gasteiger partial charge in [0, 0.05) is 13.3 Å². The molecule has 0 radical (unpaired) electrons. The lowest BCUT2D eigenvalue weighted by Gasteiger charge is -2.45. The number of thioether (sulfide) groups is 1. The van der Waals surface area contributed by atoms with Crippen LogP contribution in [-0.4, -0.2) is 69.3 Å². The number of rotatable bonds is 7. The van der Waals surface area contributed by atoms with E-state index in [1.165, 1.54) is 18.7 Å². The second kappa shape index (κ2) is 9.45. The molecule has 144 valence electrons. The van der Waals surface area contributed by atoms with Crippen LogP contribution in [0.15, 0.2) is 0 Å². The van der Waals surface area contributed by atoms with Gasteiger partial charge in [-0.1, -0.05) is 11.8 Å². The molecule has 8 nitrogen and oxygen atoms in total. The lowest BCUT2D eigenvalue weighted by atomic mass is 9.97. The van der Waals surface area contributed by atoms with Crippen molar-refractivity contribution < 1.29 is 53.6 Å². The number of likely N-dealkylation sites (tertiary alicyclic amines) is 1. The Balaban J connectivity index is 0.00000529. The fourth-order valence-electron chi connectivity index (χ4n) is 3.08. The monoisotopic (exact) mass is 469 g/mol. The summed E-state index contributed by atoms with van der Waals surface area (Å²) < 4.78 is 43.9. The van der Waals surface area contributed by atoms with Gasteiger partial charge in [0.25, 0.3) is 10.1 Å². The summed E-state index contributed by atoms with van der Waals surface area (Å²) in [6.07, 6.45) is 2.12. The summed E-state index contributed by atoms with van der Waals surface area (Å²) in [5, 5.41) is -0.00353. The molecule has 1 aliphatic heterocycles. The molecule has 0 spiro atoms. The average molecular weight is 470 g/mol. The summed E-state index contributed by atoms with van der Waals surface area (Å²) >= 11 is 1.18. The zero-order chi connectivity index (χ0) is 17.9. The van der Waals surface area contributed by atoms with Crippen LogP contribution < -0.4 is 17.0 Å². The first kappa shape index (κ1) is 24.5. The first-order valence-electron chi connectivity index (χ1n) is 7.35. The highest BCUT2D eigenvalue weighted by molar-refractivity contribution is 8.13. The van der Waals surface area contributed by atoms with Gasteiger partial charge < -0.3 is 31.3 Å². The van der Waals surface area contributed by atoms with Gasteiger partial charge >= 0.3 is 7.60 Å². The summed E-state index contributed by atoms with van der Waals surface area (Å²) in [7, 11) is -7.90. The molecule has 1 fully saturated rings. The summed E-state index contributed by atoms with van der Waals surface area (Å²) in [5.41, 5.74) is 0. The zero-order valence-corrected chi connectivity index (χ0v) is 17.8. The van der Waals surface area contributed by atoms with Gasteiger partial charge in [0.1, 0.15) is 0 Å². The quantitative estimate of drug-likeness (QED) is 0.223. The van der Waals surface area contributed by atoms with Crippen LogP contribution in [0.2, 0.25) is 0 Å². The van der Waals surface area contributed by atoms with Gasteiger partial charge in [-0.05, 0) is 19.3 Å². The summed E-state index contributed by atoms with van der Waals surface area (Å²) in [6.45, 7) is 2.83. The minimum atomic E-state index is -4.97. The molecule has 0 amide bonds. The number of halogens is 1. The summed E-state index contributed by atoms with van der Waals surface area (Å²) in [5.74, 6) is 0.564. The maximum atomic E-state index is 11.5. The van der Waals surface area contributed by atoms with Crippen LogP contribution in [0.1, 0.15) is 32.6 Å². The van der Waals surface area contributed by atoms with Crippen LogP contribution in [-0.2, 0) is 19.5 Å². The van der Waals surface area contributed by atoms with Gasteiger partial charge in [-0.15, -0.1) is 0 Å². The Morgan fingerprint density at radius 1 is 1.38 bits per heavy atom. The lowest BCUT2D eigenvalue weighted by Crippen LogP contribution is -3.00. The zero-order valence-electron chi connectivity index (χ0n) is 13.7. The molecule has 1 saturated heterocycles. The molecule has 0 aromatic rings. The highest BCUT2D eigenvalue weighted by atomic mass is 79.9. The van der Waals surface area contributed by atoms with Crippen molar-refractivity contribution in [2.75, 3.05) is 25.9 Å². The van der Waals surface area contributed by atoms with Crippen molar-refractivity contribution in [3.8, 4) is 0 Å². The molecule has 3 atom stereocenters. The number of quaternary nitrogens is 1. The third-order valence-corrected chi connectivity index (χ3v) is 8.70. The molecule has 0 bridgehead atoms. The Kier molecular flexibility index (Phi) is 9.66. The molecule has 1 rings (SSSR count). The number of hydrogen-bond donors (Lipinski definition) is 3. The van der Waals surface area contributed by atoms with Crippen LogP contribution in [0.3, 0.4) is 0 Å². The van der Waals surface area contributed by atoms with E-state index in [0.29, 0.717) is 23.2 Å². The molecule has 24 heavy (non-hydrogen) atoms. The summed E-state index contributed by atoms with van der Waals surface area (Å²) in [6, 6.07) is -0.282. The molecular formula is C12H25BrNO7PS2. The van der Waals surface area contributed by atoms with Crippen LogP contribution >= 0.6 is 19.4 Å². The largest absolute Gasteiger partial charge is 1.00 e. The molecule has 1 heterocycles. The van der Waals surface area contributed by atoms with Crippen LogP contribution in [0, 0.1) is 0 Å². The number of carbonyl (C=O) groups excluding carboxylic acids is 1. The van der Waals surface area contributed by atoms with Gasteiger partial charge in [-0.2, -0.15) is 8.42 Å². The van der Waals surface area contributed by atoms with Crippen molar-refractivity contribution in [2.45, 2.75) is 43.6 Å². The van der Waals surface area contributed by atoms with Crippen LogP contribution in [0.4, 0.5) is 0 Å². The van der Waals surface area contributed by atoms with E-state index in [-0.39, 0.29) is 34.6 Å². The Morgan fingerprint density at radius 2 is 1.96 bits per heavy atom. The highest BCUT2D eigenvalue weighted by Gasteiger charge is 2.46. The van der Waals surface area contributed by atoms with Crippen molar-refractivity contribution in [2.24, 2.45) is 0 Å². The second-order valence-electron chi connectivity index (χ2n) is 6.21. The van der Waals surface area contributed by atoms with Crippen molar-refractivity contribution in [3.63, 3.8) is 0 Å². The van der Waals surface area contributed by atoms with E-state index in [0.717, 1.165) is 19.4 Å². The van der Waals surface area contributed by atoms with Gasteiger partial charge in [-0.25, -0.2) is 0 Å². The average Bonchev–Trinajstić information content (AvgIpc) is 2.34. The first-order chi connectivity index (χ1) is 10.4. The number of hydrogen-bond acceptors (Lipinski definition) is 5. The molecular weight excluding hydrogens is 445 g/mol. The minimum absolute atomic E-state index is 0. The number of carbonyl (C=O) groups is 1. The van der Waals surface area contributed by atoms with E-state index in [4.69, 9.17) is 0 Å². The SMILES string of the molecule is CC(=O)SCC[N+]1(C)CCCCC1CC(P(=O)(O)O)S(=O)(=O)O.[Br-]. The first-order valence-corrected chi connectivity index (χ1v) is 11.5. The van der Waals surface area contributed by atoms with E-state index >= 15 is 0 Å². The predicted molar refractivity (Wildman–Crippen MR) is 88.7 cm³/mol. The third kappa shape index (κ3) is 7.41.